The first kappa shape index (κ1) is 22.1. The minimum atomic E-state index is -0.620. The molecule has 0 radical (unpaired) electrons. The number of hydrogen-bond donors (Lipinski definition) is 0. The zero-order chi connectivity index (χ0) is 20.2. The first-order valence-corrected chi connectivity index (χ1v) is 8.56. The lowest BCUT2D eigenvalue weighted by molar-refractivity contribution is -0.385. The lowest BCUT2D eigenvalue weighted by Gasteiger charge is -2.15. The highest BCUT2D eigenvalue weighted by atomic mass is 16.6. The van der Waals surface area contributed by atoms with E-state index >= 15 is 0 Å². The Morgan fingerprint density at radius 3 is 2.56 bits per heavy atom. The van der Waals surface area contributed by atoms with Crippen molar-refractivity contribution in [3.05, 3.63) is 33.9 Å². The molecule has 0 heterocycles. The number of hydrogen-bond acceptors (Lipinski definition) is 7. The van der Waals surface area contributed by atoms with E-state index in [0.29, 0.717) is 32.2 Å². The number of benzene rings is 1. The van der Waals surface area contributed by atoms with Crippen molar-refractivity contribution in [1.29, 1.82) is 0 Å². The van der Waals surface area contributed by atoms with E-state index in [1.807, 2.05) is 0 Å². The van der Waals surface area contributed by atoms with Crippen LogP contribution in [0.3, 0.4) is 0 Å². The second kappa shape index (κ2) is 11.6. The molecule has 1 amide bonds. The minimum absolute atomic E-state index is 0.0640. The van der Waals surface area contributed by atoms with Gasteiger partial charge in [0.1, 0.15) is 17.9 Å². The fourth-order valence-electron chi connectivity index (χ4n) is 2.39. The topological polar surface area (TPSA) is 116 Å². The van der Waals surface area contributed by atoms with E-state index in [1.165, 1.54) is 30.2 Å². The molecule has 1 rings (SSSR count). The van der Waals surface area contributed by atoms with Crippen molar-refractivity contribution in [3.8, 4) is 5.75 Å². The van der Waals surface area contributed by atoms with E-state index < -0.39 is 10.9 Å². The normalized spacial score (nSPS) is 10.1. The Labute approximate surface area is 157 Å². The highest BCUT2D eigenvalue weighted by molar-refractivity contribution is 5.85. The fraction of sp³-hybridized carbons (Fsp3) is 0.500. The lowest BCUT2D eigenvalue weighted by Crippen LogP contribution is -2.32. The number of carbonyl (C=O) groups excluding carboxylic acids is 3. The van der Waals surface area contributed by atoms with Crippen LogP contribution in [-0.4, -0.2) is 55.3 Å². The molecule has 0 aliphatic carbocycles. The van der Waals surface area contributed by atoms with Crippen LogP contribution in [0.1, 0.15) is 42.5 Å². The summed E-state index contributed by atoms with van der Waals surface area (Å²) in [4.78, 5) is 45.6. The summed E-state index contributed by atoms with van der Waals surface area (Å²) in [5, 5.41) is 10.9. The predicted octanol–water partition coefficient (Wildman–Crippen LogP) is 2.37. The van der Waals surface area contributed by atoms with E-state index in [-0.39, 0.29) is 29.5 Å². The van der Waals surface area contributed by atoms with Crippen molar-refractivity contribution in [3.63, 3.8) is 0 Å². The minimum Gasteiger partial charge on any atom is -0.493 e. The number of nitro groups is 1. The first-order chi connectivity index (χ1) is 12.9. The number of likely N-dealkylation sites (N-methyl/N-ethyl adjacent to an activating group) is 1. The van der Waals surface area contributed by atoms with Gasteiger partial charge in [-0.3, -0.25) is 24.5 Å². The summed E-state index contributed by atoms with van der Waals surface area (Å²) in [6, 6.07) is 4.24. The van der Waals surface area contributed by atoms with Gasteiger partial charge in [0, 0.05) is 19.5 Å². The van der Waals surface area contributed by atoms with Gasteiger partial charge in [-0.15, -0.1) is 0 Å². The number of aldehydes is 1. The number of amides is 1. The highest BCUT2D eigenvalue weighted by Gasteiger charge is 2.17. The van der Waals surface area contributed by atoms with Gasteiger partial charge in [0.25, 0.3) is 5.69 Å². The smallest absolute Gasteiger partial charge is 0.325 e. The summed E-state index contributed by atoms with van der Waals surface area (Å²) in [6.45, 7) is 0.254. The number of methoxy groups -OCH3 is 1. The van der Waals surface area contributed by atoms with Crippen molar-refractivity contribution < 1.29 is 28.8 Å². The van der Waals surface area contributed by atoms with Crippen molar-refractivity contribution >= 4 is 23.9 Å². The lowest BCUT2D eigenvalue weighted by atomic mass is 10.1. The van der Waals surface area contributed by atoms with Gasteiger partial charge in [0.2, 0.25) is 5.91 Å². The van der Waals surface area contributed by atoms with Crippen LogP contribution >= 0.6 is 0 Å². The molecule has 9 nitrogen and oxygen atoms in total. The van der Waals surface area contributed by atoms with E-state index in [9.17, 15) is 24.5 Å². The highest BCUT2D eigenvalue weighted by Crippen LogP contribution is 2.26. The van der Waals surface area contributed by atoms with Gasteiger partial charge in [-0.25, -0.2) is 0 Å². The number of nitro benzene ring substituents is 1. The molecule has 0 aromatic heterocycles. The van der Waals surface area contributed by atoms with Crippen LogP contribution in [0, 0.1) is 10.1 Å². The number of ether oxygens (including phenoxy) is 2. The SMILES string of the molecule is COC(=O)CN(C)C(=O)CCCCCCOc1cccc([N+](=O)[O-])c1C=O. The Hall–Kier alpha value is -2.97. The van der Waals surface area contributed by atoms with Crippen molar-refractivity contribution in [2.75, 3.05) is 27.3 Å². The van der Waals surface area contributed by atoms with Gasteiger partial charge in [0.15, 0.2) is 6.29 Å². The molecule has 0 aliphatic rings. The molecule has 0 bridgehead atoms. The van der Waals surface area contributed by atoms with Crippen molar-refractivity contribution in [2.45, 2.75) is 32.1 Å². The zero-order valence-electron chi connectivity index (χ0n) is 15.5. The molecule has 0 aliphatic heterocycles. The Morgan fingerprint density at radius 2 is 1.93 bits per heavy atom. The Morgan fingerprint density at radius 1 is 1.22 bits per heavy atom. The quantitative estimate of drug-likeness (QED) is 0.180. The van der Waals surface area contributed by atoms with Crippen LogP contribution in [0.25, 0.3) is 0 Å². The maximum absolute atomic E-state index is 11.8. The molecule has 0 saturated carbocycles. The second-order valence-corrected chi connectivity index (χ2v) is 5.90. The molecule has 1 aromatic carbocycles. The number of unbranched alkanes of at least 4 members (excludes halogenated alkanes) is 3. The summed E-state index contributed by atoms with van der Waals surface area (Å²) in [5.74, 6) is -0.387. The predicted molar refractivity (Wildman–Crippen MR) is 96.7 cm³/mol. The van der Waals surface area contributed by atoms with Crippen LogP contribution < -0.4 is 4.74 Å². The van der Waals surface area contributed by atoms with Crippen molar-refractivity contribution in [1.82, 2.24) is 4.90 Å². The third-order valence-corrected chi connectivity index (χ3v) is 3.92. The van der Waals surface area contributed by atoms with Gasteiger partial charge in [-0.05, 0) is 18.9 Å². The molecule has 0 saturated heterocycles. The maximum Gasteiger partial charge on any atom is 0.325 e. The maximum atomic E-state index is 11.8. The van der Waals surface area contributed by atoms with Gasteiger partial charge in [-0.1, -0.05) is 18.9 Å². The standard InChI is InChI=1S/C18H24N2O7/c1-19(12-18(23)26-2)17(22)10-5-3-4-6-11-27-16-9-7-8-15(20(24)25)14(16)13-21/h7-9,13H,3-6,10-12H2,1-2H3. The molecule has 0 fully saturated rings. The molecule has 27 heavy (non-hydrogen) atoms. The third-order valence-electron chi connectivity index (χ3n) is 3.92. The van der Waals surface area contributed by atoms with E-state index in [1.54, 1.807) is 7.05 Å². The van der Waals surface area contributed by atoms with Crippen LogP contribution in [-0.2, 0) is 14.3 Å². The molecule has 0 atom stereocenters. The van der Waals surface area contributed by atoms with Crippen LogP contribution in [0.4, 0.5) is 5.69 Å². The zero-order valence-corrected chi connectivity index (χ0v) is 15.5. The molecule has 0 spiro atoms. The Balaban J connectivity index is 2.27. The van der Waals surface area contributed by atoms with Gasteiger partial charge in [0.05, 0.1) is 18.6 Å². The Bertz CT molecular complexity index is 676. The average molecular weight is 380 g/mol. The molecule has 0 N–H and O–H groups in total. The van der Waals surface area contributed by atoms with Crippen LogP contribution in [0.15, 0.2) is 18.2 Å². The number of rotatable bonds is 12. The van der Waals surface area contributed by atoms with Gasteiger partial charge in [-0.2, -0.15) is 0 Å². The summed E-state index contributed by atoms with van der Waals surface area (Å²) in [5.41, 5.74) is -0.348. The molecule has 0 unspecified atom stereocenters. The fourth-order valence-corrected chi connectivity index (χ4v) is 2.39. The second-order valence-electron chi connectivity index (χ2n) is 5.90. The molecule has 148 valence electrons. The molecule has 9 heteroatoms. The summed E-state index contributed by atoms with van der Waals surface area (Å²) >= 11 is 0. The van der Waals surface area contributed by atoms with E-state index in [0.717, 1.165) is 12.8 Å². The Kier molecular flexibility index (Phi) is 9.49. The first-order valence-electron chi connectivity index (χ1n) is 8.56. The number of nitrogens with zero attached hydrogens (tertiary/aromatic N) is 2. The monoisotopic (exact) mass is 380 g/mol. The van der Waals surface area contributed by atoms with Crippen molar-refractivity contribution in [2.24, 2.45) is 0 Å². The average Bonchev–Trinajstić information content (AvgIpc) is 2.66. The largest absolute Gasteiger partial charge is 0.493 e. The number of esters is 1. The summed E-state index contributed by atoms with van der Waals surface area (Å²) < 4.78 is 9.99. The number of carbonyl (C=O) groups is 3. The summed E-state index contributed by atoms with van der Waals surface area (Å²) in [7, 11) is 2.82. The summed E-state index contributed by atoms with van der Waals surface area (Å²) in [6.07, 6.45) is 3.74. The third kappa shape index (κ3) is 7.43. The van der Waals surface area contributed by atoms with E-state index in [2.05, 4.69) is 4.74 Å². The van der Waals surface area contributed by atoms with Gasteiger partial charge < -0.3 is 14.4 Å². The van der Waals surface area contributed by atoms with Crippen LogP contribution in [0.5, 0.6) is 5.75 Å². The van der Waals surface area contributed by atoms with Crippen LogP contribution in [0.2, 0.25) is 0 Å². The molecular formula is C18H24N2O7. The van der Waals surface area contributed by atoms with E-state index in [4.69, 9.17) is 4.74 Å². The molecule has 1 aromatic rings. The van der Waals surface area contributed by atoms with Gasteiger partial charge >= 0.3 is 5.97 Å². The molecular weight excluding hydrogens is 356 g/mol.